The van der Waals surface area contributed by atoms with Crippen molar-refractivity contribution >= 4 is 27.5 Å². The van der Waals surface area contributed by atoms with Crippen molar-refractivity contribution in [1.82, 2.24) is 9.55 Å². The lowest BCUT2D eigenvalue weighted by molar-refractivity contribution is 0.282. The predicted molar refractivity (Wildman–Crippen MR) is 125 cm³/mol. The van der Waals surface area contributed by atoms with Crippen LogP contribution in [-0.4, -0.2) is 27.7 Å². The molecule has 1 aliphatic heterocycles. The number of aromatic amines is 1. The predicted octanol–water partition coefficient (Wildman–Crippen LogP) is 5.63. The van der Waals surface area contributed by atoms with Crippen molar-refractivity contribution in [3.63, 3.8) is 0 Å². The van der Waals surface area contributed by atoms with Gasteiger partial charge < -0.3 is 19.6 Å². The highest BCUT2D eigenvalue weighted by Crippen LogP contribution is 2.30. The Labute approximate surface area is 178 Å². The first-order valence-electron chi connectivity index (χ1n) is 11.4. The average molecular weight is 402 g/mol. The molecular weight excluding hydrogens is 370 g/mol. The van der Waals surface area contributed by atoms with Crippen LogP contribution in [0.4, 0.5) is 5.69 Å². The minimum absolute atomic E-state index is 0.0979. The molecule has 4 aromatic rings. The first-order valence-corrected chi connectivity index (χ1v) is 11.4. The average Bonchev–Trinajstić information content (AvgIpc) is 3.41. The summed E-state index contributed by atoms with van der Waals surface area (Å²) in [4.78, 5) is 5.93. The number of nitrogens with zero attached hydrogens (tertiary/aromatic N) is 2. The number of unbranched alkanes of at least 4 members (excludes halogenated alkanes) is 1. The second-order valence-electron chi connectivity index (χ2n) is 8.58. The molecule has 0 saturated carbocycles. The van der Waals surface area contributed by atoms with Gasteiger partial charge in [-0.25, -0.2) is 0 Å². The number of hydrogen-bond acceptors (Lipinski definition) is 2. The van der Waals surface area contributed by atoms with Crippen LogP contribution in [0.2, 0.25) is 0 Å². The highest BCUT2D eigenvalue weighted by Gasteiger charge is 2.14. The van der Waals surface area contributed by atoms with E-state index >= 15 is 0 Å². The second kappa shape index (κ2) is 8.57. The van der Waals surface area contributed by atoms with Gasteiger partial charge in [-0.3, -0.25) is 0 Å². The molecule has 30 heavy (non-hydrogen) atoms. The fraction of sp³-hybridized carbons (Fsp3) is 0.385. The van der Waals surface area contributed by atoms with Crippen molar-refractivity contribution in [2.24, 2.45) is 0 Å². The van der Waals surface area contributed by atoms with Crippen molar-refractivity contribution < 1.29 is 5.11 Å². The van der Waals surface area contributed by atoms with Crippen molar-refractivity contribution in [3.8, 4) is 0 Å². The maximum absolute atomic E-state index is 9.42. The van der Waals surface area contributed by atoms with E-state index in [9.17, 15) is 5.11 Å². The largest absolute Gasteiger partial charge is 0.392 e. The molecule has 2 N–H and O–H groups in total. The molecule has 0 atom stereocenters. The number of fused-ring (bicyclic) bond motifs is 2. The van der Waals surface area contributed by atoms with Crippen molar-refractivity contribution in [1.29, 1.82) is 0 Å². The van der Waals surface area contributed by atoms with Crippen LogP contribution in [0.1, 0.15) is 43.2 Å². The molecule has 4 nitrogen and oxygen atoms in total. The molecule has 0 unspecified atom stereocenters. The molecule has 2 aromatic carbocycles. The molecule has 1 fully saturated rings. The van der Waals surface area contributed by atoms with E-state index in [0.717, 1.165) is 36.9 Å². The van der Waals surface area contributed by atoms with Gasteiger partial charge in [-0.1, -0.05) is 12.1 Å². The molecular formula is C26H31N3O. The normalized spacial score (nSPS) is 14.8. The lowest BCUT2D eigenvalue weighted by atomic mass is 10.1. The van der Waals surface area contributed by atoms with Crippen molar-refractivity contribution in [2.75, 3.05) is 18.0 Å². The van der Waals surface area contributed by atoms with Gasteiger partial charge in [0.1, 0.15) is 0 Å². The summed E-state index contributed by atoms with van der Waals surface area (Å²) in [5, 5.41) is 12.1. The van der Waals surface area contributed by atoms with Gasteiger partial charge in [0.15, 0.2) is 0 Å². The molecule has 5 rings (SSSR count). The molecule has 0 aliphatic carbocycles. The Morgan fingerprint density at radius 1 is 0.933 bits per heavy atom. The molecule has 1 saturated heterocycles. The van der Waals surface area contributed by atoms with Gasteiger partial charge >= 0.3 is 0 Å². The molecule has 4 heteroatoms. The quantitative estimate of drug-likeness (QED) is 0.394. The summed E-state index contributed by atoms with van der Waals surface area (Å²) in [5.74, 6) is 0. The van der Waals surface area contributed by atoms with E-state index in [1.807, 2.05) is 6.07 Å². The number of aliphatic hydroxyl groups is 1. The Morgan fingerprint density at radius 3 is 2.70 bits per heavy atom. The number of hydrogen-bond donors (Lipinski definition) is 2. The summed E-state index contributed by atoms with van der Waals surface area (Å²) in [6.45, 7) is 3.53. The fourth-order valence-electron chi connectivity index (χ4n) is 4.94. The van der Waals surface area contributed by atoms with E-state index in [2.05, 4.69) is 63.2 Å². The van der Waals surface area contributed by atoms with Crippen LogP contribution in [0.5, 0.6) is 0 Å². The number of benzene rings is 2. The monoisotopic (exact) mass is 401 g/mol. The third-order valence-corrected chi connectivity index (χ3v) is 6.60. The molecule has 1 aliphatic rings. The van der Waals surface area contributed by atoms with Crippen LogP contribution >= 0.6 is 0 Å². The highest BCUT2D eigenvalue weighted by molar-refractivity contribution is 5.93. The van der Waals surface area contributed by atoms with E-state index in [-0.39, 0.29) is 6.61 Å². The molecule has 3 heterocycles. The van der Waals surface area contributed by atoms with Crippen molar-refractivity contribution in [3.05, 3.63) is 66.0 Å². The summed E-state index contributed by atoms with van der Waals surface area (Å²) in [6.07, 6.45) is 11.7. The standard InChI is InChI=1S/C26H31N3O/c30-19-20-10-11-24-23(17-20)21(18-27-24)7-2-5-15-29-16-12-22-25(8-6-9-26(22)29)28-13-3-1-4-14-28/h6,8-12,16-18,27,30H,1-5,7,13-15,19H2. The van der Waals surface area contributed by atoms with Crippen LogP contribution in [-0.2, 0) is 19.6 Å². The molecule has 2 aromatic heterocycles. The molecule has 0 radical (unpaired) electrons. The maximum Gasteiger partial charge on any atom is 0.0682 e. The van der Waals surface area contributed by atoms with Gasteiger partial charge in [0, 0.05) is 54.0 Å². The first kappa shape index (κ1) is 19.3. The van der Waals surface area contributed by atoms with Crippen LogP contribution in [0.25, 0.3) is 21.8 Å². The minimum atomic E-state index is 0.0979. The van der Waals surface area contributed by atoms with Crippen LogP contribution < -0.4 is 4.90 Å². The Balaban J connectivity index is 1.25. The van der Waals surface area contributed by atoms with Gasteiger partial charge in [0.25, 0.3) is 0 Å². The topological polar surface area (TPSA) is 44.2 Å². The second-order valence-corrected chi connectivity index (χ2v) is 8.58. The highest BCUT2D eigenvalue weighted by atomic mass is 16.3. The smallest absolute Gasteiger partial charge is 0.0682 e. The van der Waals surface area contributed by atoms with E-state index in [1.54, 1.807) is 0 Å². The number of aromatic nitrogens is 2. The zero-order valence-electron chi connectivity index (χ0n) is 17.6. The number of piperidine rings is 1. The number of rotatable bonds is 7. The lowest BCUT2D eigenvalue weighted by Gasteiger charge is -2.29. The fourth-order valence-corrected chi connectivity index (χ4v) is 4.94. The third-order valence-electron chi connectivity index (χ3n) is 6.60. The Hall–Kier alpha value is -2.72. The number of H-pyrrole nitrogens is 1. The van der Waals surface area contributed by atoms with Crippen LogP contribution in [0.15, 0.2) is 54.9 Å². The van der Waals surface area contributed by atoms with E-state index < -0.39 is 0 Å². The Kier molecular flexibility index (Phi) is 5.50. The zero-order valence-corrected chi connectivity index (χ0v) is 17.6. The van der Waals surface area contributed by atoms with Gasteiger partial charge in [-0.2, -0.15) is 0 Å². The van der Waals surface area contributed by atoms with Crippen molar-refractivity contribution in [2.45, 2.75) is 51.7 Å². The van der Waals surface area contributed by atoms with Gasteiger partial charge in [-0.05, 0) is 80.0 Å². The number of nitrogens with one attached hydrogen (secondary N) is 1. The maximum atomic E-state index is 9.42. The van der Waals surface area contributed by atoms with Gasteiger partial charge in [0.2, 0.25) is 0 Å². The summed E-state index contributed by atoms with van der Waals surface area (Å²) in [5.41, 5.74) is 6.25. The molecule has 156 valence electrons. The third kappa shape index (κ3) is 3.72. The Morgan fingerprint density at radius 2 is 1.83 bits per heavy atom. The van der Waals surface area contributed by atoms with E-state index in [1.165, 1.54) is 59.9 Å². The summed E-state index contributed by atoms with van der Waals surface area (Å²) in [7, 11) is 0. The number of aryl methyl sites for hydroxylation is 2. The van der Waals surface area contributed by atoms with E-state index in [4.69, 9.17) is 0 Å². The molecule has 0 bridgehead atoms. The molecule has 0 spiro atoms. The van der Waals surface area contributed by atoms with Crippen LogP contribution in [0, 0.1) is 0 Å². The Bertz CT molecular complexity index is 1130. The summed E-state index contributed by atoms with van der Waals surface area (Å²) in [6, 6.07) is 15.2. The molecule has 0 amide bonds. The zero-order chi connectivity index (χ0) is 20.3. The lowest BCUT2D eigenvalue weighted by Crippen LogP contribution is -2.29. The van der Waals surface area contributed by atoms with E-state index in [0.29, 0.717) is 0 Å². The summed E-state index contributed by atoms with van der Waals surface area (Å²) >= 11 is 0. The SMILES string of the molecule is OCc1ccc2[nH]cc(CCCCn3ccc4c(N5CCCCC5)cccc43)c2c1. The number of anilines is 1. The van der Waals surface area contributed by atoms with Crippen LogP contribution in [0.3, 0.4) is 0 Å². The summed E-state index contributed by atoms with van der Waals surface area (Å²) < 4.78 is 2.42. The van der Waals surface area contributed by atoms with Gasteiger partial charge in [-0.15, -0.1) is 0 Å². The first-order chi connectivity index (χ1) is 14.8. The minimum Gasteiger partial charge on any atom is -0.392 e. The number of aliphatic hydroxyl groups excluding tert-OH is 1. The van der Waals surface area contributed by atoms with Gasteiger partial charge in [0.05, 0.1) is 12.1 Å².